The summed E-state index contributed by atoms with van der Waals surface area (Å²) in [7, 11) is -6.68. The first kappa shape index (κ1) is 33.7. The largest absolute Gasteiger partial charge is 0.530 e. The summed E-state index contributed by atoms with van der Waals surface area (Å²) in [6, 6.07) is 6.51. The van der Waals surface area contributed by atoms with Crippen LogP contribution in [0.4, 0.5) is 0 Å². The molecule has 9 atom stereocenters. The van der Waals surface area contributed by atoms with Gasteiger partial charge in [-0.2, -0.15) is 0 Å². The molecule has 5 unspecified atom stereocenters. The highest BCUT2D eigenvalue weighted by atomic mass is 35.5. The summed E-state index contributed by atoms with van der Waals surface area (Å²) < 4.78 is 74.4. The molecule has 4 saturated heterocycles. The summed E-state index contributed by atoms with van der Waals surface area (Å²) >= 11 is 6.35. The van der Waals surface area contributed by atoms with Crippen molar-refractivity contribution in [3.63, 3.8) is 0 Å². The molecule has 0 radical (unpaired) electrons. The summed E-state index contributed by atoms with van der Waals surface area (Å²) in [6.45, 7) is 17.4. The Morgan fingerprint density at radius 2 is 1.51 bits per heavy atom. The normalized spacial score (nSPS) is 36.3. The molecular weight excluding hydrogens is 623 g/mol. The second-order valence-corrected chi connectivity index (χ2v) is 20.4. The number of aliphatic hydroxyl groups excluding tert-OH is 1. The number of phosphoric acid groups is 1. The van der Waals surface area contributed by atoms with Gasteiger partial charge in [0.2, 0.25) is 0 Å². The predicted molar refractivity (Wildman–Crippen MR) is 157 cm³/mol. The smallest absolute Gasteiger partial charge is 0.414 e. The number of aliphatic hydroxyl groups is 1. The van der Waals surface area contributed by atoms with Crippen LogP contribution >= 0.6 is 19.4 Å². The highest BCUT2D eigenvalue weighted by Crippen LogP contribution is 2.55. The first-order chi connectivity index (χ1) is 19.8. The van der Waals surface area contributed by atoms with E-state index >= 15 is 0 Å². The van der Waals surface area contributed by atoms with E-state index in [1.807, 2.05) is 0 Å². The maximum atomic E-state index is 14.5. The molecule has 12 nitrogen and oxygen atoms in total. The van der Waals surface area contributed by atoms with Gasteiger partial charge in [-0.3, -0.25) is 9.05 Å². The molecule has 0 spiro atoms. The van der Waals surface area contributed by atoms with Gasteiger partial charge < -0.3 is 42.5 Å². The molecule has 244 valence electrons. The lowest BCUT2D eigenvalue weighted by Crippen LogP contribution is -2.45. The van der Waals surface area contributed by atoms with E-state index < -0.39 is 76.9 Å². The number of ether oxygens (including phenoxy) is 6. The number of hydrogen-bond donors (Lipinski definition) is 1. The third-order valence-electron chi connectivity index (χ3n) is 8.31. The van der Waals surface area contributed by atoms with E-state index in [0.29, 0.717) is 0 Å². The second-order valence-electron chi connectivity index (χ2n) is 13.7. The average molecular weight is 667 g/mol. The van der Waals surface area contributed by atoms with Gasteiger partial charge in [0.15, 0.2) is 32.5 Å². The number of hydrogen-bond acceptors (Lipinski definition) is 12. The fourth-order valence-corrected chi connectivity index (χ4v) is 7.72. The first-order valence-electron chi connectivity index (χ1n) is 14.5. The van der Waals surface area contributed by atoms with Gasteiger partial charge in [0.1, 0.15) is 42.4 Å². The van der Waals surface area contributed by atoms with Crippen molar-refractivity contribution >= 4 is 27.7 Å². The van der Waals surface area contributed by atoms with Gasteiger partial charge in [-0.25, -0.2) is 4.57 Å². The minimum absolute atomic E-state index is 0.0541. The van der Waals surface area contributed by atoms with Crippen molar-refractivity contribution in [2.75, 3.05) is 13.2 Å². The Morgan fingerprint density at radius 1 is 0.930 bits per heavy atom. The van der Waals surface area contributed by atoms with Crippen molar-refractivity contribution in [2.45, 2.75) is 127 Å². The van der Waals surface area contributed by atoms with Crippen LogP contribution in [0.2, 0.25) is 23.2 Å². The van der Waals surface area contributed by atoms with Gasteiger partial charge >= 0.3 is 7.82 Å². The lowest BCUT2D eigenvalue weighted by atomic mass is 10.1. The van der Waals surface area contributed by atoms with E-state index in [9.17, 15) is 9.67 Å². The molecule has 1 aromatic rings. The van der Waals surface area contributed by atoms with Crippen molar-refractivity contribution in [1.29, 1.82) is 0 Å². The van der Waals surface area contributed by atoms with E-state index in [1.54, 1.807) is 52.0 Å². The lowest BCUT2D eigenvalue weighted by molar-refractivity contribution is -0.219. The van der Waals surface area contributed by atoms with Gasteiger partial charge in [0.25, 0.3) is 0 Å². The van der Waals surface area contributed by atoms with E-state index in [0.717, 1.165) is 0 Å². The highest BCUT2D eigenvalue weighted by Gasteiger charge is 2.59. The molecule has 1 aromatic carbocycles. The minimum Gasteiger partial charge on any atom is -0.414 e. The fourth-order valence-electron chi connectivity index (χ4n) is 5.04. The van der Waals surface area contributed by atoms with Crippen molar-refractivity contribution in [3.8, 4) is 5.75 Å². The monoisotopic (exact) mass is 666 g/mol. The van der Waals surface area contributed by atoms with Crippen LogP contribution in [0.3, 0.4) is 0 Å². The lowest BCUT2D eigenvalue weighted by Gasteiger charge is -2.37. The Morgan fingerprint density at radius 3 is 2.12 bits per heavy atom. The molecule has 4 fully saturated rings. The maximum absolute atomic E-state index is 14.5. The van der Waals surface area contributed by atoms with E-state index in [-0.39, 0.29) is 29.0 Å². The van der Waals surface area contributed by atoms with Crippen molar-refractivity contribution in [2.24, 2.45) is 0 Å². The topological polar surface area (TPSA) is 130 Å². The summed E-state index contributed by atoms with van der Waals surface area (Å²) in [5.41, 5.74) is 0. The van der Waals surface area contributed by atoms with Crippen LogP contribution in [0.25, 0.3) is 0 Å². The molecule has 15 heteroatoms. The molecular formula is C28H44ClO12PSi. The molecule has 4 aliphatic rings. The van der Waals surface area contributed by atoms with Crippen LogP contribution in [-0.2, 0) is 46.5 Å². The summed E-state index contributed by atoms with van der Waals surface area (Å²) in [5, 5.41) is 11.0. The number of phosphoric ester groups is 1. The average Bonchev–Trinajstić information content (AvgIpc) is 3.54. The van der Waals surface area contributed by atoms with Crippen LogP contribution in [0.15, 0.2) is 24.3 Å². The molecule has 0 amide bonds. The fraction of sp³-hybridized carbons (Fsp3) is 0.786. The van der Waals surface area contributed by atoms with E-state index in [1.165, 1.54) is 0 Å². The Kier molecular flexibility index (Phi) is 9.30. The Labute approximate surface area is 259 Å². The third-order valence-corrected chi connectivity index (χ3v) is 14.5. The van der Waals surface area contributed by atoms with Crippen LogP contribution in [0.1, 0.15) is 48.5 Å². The first-order valence-corrected chi connectivity index (χ1v) is 19.2. The van der Waals surface area contributed by atoms with Crippen molar-refractivity contribution in [3.05, 3.63) is 29.3 Å². The molecule has 4 heterocycles. The molecule has 5 rings (SSSR count). The Bertz CT molecular complexity index is 1210. The number of halogens is 1. The zero-order valence-corrected chi connectivity index (χ0v) is 28.8. The molecule has 0 saturated carbocycles. The molecule has 0 bridgehead atoms. The standard InChI is InChI=1S/C28H44ClO12PSi/c1-26(2,3)43(8,9)33-15-19-21(23-25(35-19)39-28(6,7)37-23)41-42(31,40-17-13-11-10-12-16(17)29)32-14-18-20(30)22-24(34-18)38-27(4,5)36-22/h10-13,18-25,30H,14-15H2,1-9H3/t18-,19-,20?,21?,22?,23?,24-,25-,42?/m1/s1. The van der Waals surface area contributed by atoms with Gasteiger partial charge in [0.05, 0.1) is 18.2 Å². The number of benzene rings is 1. The van der Waals surface area contributed by atoms with Gasteiger partial charge in [-0.15, -0.1) is 0 Å². The zero-order chi connectivity index (χ0) is 31.6. The zero-order valence-electron chi connectivity index (χ0n) is 26.1. The molecule has 4 aliphatic heterocycles. The number of rotatable bonds is 10. The second kappa shape index (κ2) is 11.9. The molecule has 0 aliphatic carbocycles. The Hall–Kier alpha value is -0.643. The van der Waals surface area contributed by atoms with Crippen LogP contribution < -0.4 is 4.52 Å². The molecule has 0 aromatic heterocycles. The van der Waals surface area contributed by atoms with Crippen molar-refractivity contribution in [1.82, 2.24) is 0 Å². The minimum atomic E-state index is -4.49. The van der Waals surface area contributed by atoms with Gasteiger partial charge in [0, 0.05) is 0 Å². The third kappa shape index (κ3) is 7.35. The Balaban J connectivity index is 1.37. The summed E-state index contributed by atoms with van der Waals surface area (Å²) in [4.78, 5) is 0. The quantitative estimate of drug-likeness (QED) is 0.255. The number of fused-ring (bicyclic) bond motifs is 2. The molecule has 43 heavy (non-hydrogen) atoms. The van der Waals surface area contributed by atoms with E-state index in [4.69, 9.17) is 58.0 Å². The number of para-hydroxylation sites is 1. The van der Waals surface area contributed by atoms with Crippen LogP contribution in [-0.4, -0.2) is 87.4 Å². The van der Waals surface area contributed by atoms with Gasteiger partial charge in [-0.1, -0.05) is 44.5 Å². The van der Waals surface area contributed by atoms with E-state index in [2.05, 4.69) is 33.9 Å². The summed E-state index contributed by atoms with van der Waals surface area (Å²) in [6.07, 6.45) is -6.83. The van der Waals surface area contributed by atoms with Crippen molar-refractivity contribution < 1.29 is 56.1 Å². The predicted octanol–water partition coefficient (Wildman–Crippen LogP) is 5.36. The van der Waals surface area contributed by atoms with Gasteiger partial charge in [-0.05, 0) is 58.0 Å². The highest BCUT2D eigenvalue weighted by molar-refractivity contribution is 7.49. The maximum Gasteiger partial charge on any atom is 0.530 e. The SMILES string of the molecule is CC1(C)OC2C(O)[C@@H](COP(=O)(Oc3ccccc3Cl)OC3C4OC(C)(C)O[C@H]4O[C@@H]3CO[Si](C)(C)C(C)(C)C)O[C@@H]2O1. The summed E-state index contributed by atoms with van der Waals surface area (Å²) in [5.74, 6) is -1.80. The van der Waals surface area contributed by atoms with Crippen LogP contribution in [0.5, 0.6) is 5.75 Å². The molecule has 1 N–H and O–H groups in total. The van der Waals surface area contributed by atoms with Crippen LogP contribution in [0, 0.1) is 0 Å².